The fourth-order valence-corrected chi connectivity index (χ4v) is 4.70. The first-order valence-electron chi connectivity index (χ1n) is 7.05. The molecular weight excluding hydrogens is 283 g/mol. The van der Waals surface area contributed by atoms with Gasteiger partial charge in [0.15, 0.2) is 5.66 Å². The SMILES string of the molecule is CCOC(=O)C([C@H]1CCC(=O)C1)P(=O)(OCC)OCC. The summed E-state index contributed by atoms with van der Waals surface area (Å²) in [6.07, 6.45) is 1.15. The molecule has 1 unspecified atom stereocenters. The summed E-state index contributed by atoms with van der Waals surface area (Å²) in [5.41, 5.74) is -1.01. The lowest BCUT2D eigenvalue weighted by Gasteiger charge is -2.28. The fraction of sp³-hybridized carbons (Fsp3) is 0.846. The summed E-state index contributed by atoms with van der Waals surface area (Å²) in [6, 6.07) is 0. The smallest absolute Gasteiger partial charge is 0.345 e. The Morgan fingerprint density at radius 3 is 2.25 bits per heavy atom. The van der Waals surface area contributed by atoms with E-state index in [0.717, 1.165) is 0 Å². The maximum Gasteiger partial charge on any atom is 0.345 e. The molecule has 20 heavy (non-hydrogen) atoms. The predicted molar refractivity (Wildman–Crippen MR) is 73.6 cm³/mol. The minimum Gasteiger partial charge on any atom is -0.465 e. The molecule has 1 aliphatic carbocycles. The first kappa shape index (κ1) is 17.3. The highest BCUT2D eigenvalue weighted by Crippen LogP contribution is 2.57. The van der Waals surface area contributed by atoms with Gasteiger partial charge in [-0.1, -0.05) is 0 Å². The van der Waals surface area contributed by atoms with Gasteiger partial charge in [-0.25, -0.2) is 0 Å². The average molecular weight is 306 g/mol. The van der Waals surface area contributed by atoms with E-state index in [1.165, 1.54) is 0 Å². The van der Waals surface area contributed by atoms with Crippen molar-refractivity contribution in [2.24, 2.45) is 5.92 Å². The molecule has 0 saturated heterocycles. The molecule has 0 N–H and O–H groups in total. The van der Waals surface area contributed by atoms with Gasteiger partial charge in [-0.2, -0.15) is 0 Å². The van der Waals surface area contributed by atoms with E-state index in [1.807, 2.05) is 0 Å². The molecule has 0 bridgehead atoms. The Morgan fingerprint density at radius 1 is 1.25 bits per heavy atom. The van der Waals surface area contributed by atoms with Crippen LogP contribution in [-0.4, -0.2) is 37.2 Å². The molecule has 1 fully saturated rings. The number of ketones is 1. The molecule has 6 nitrogen and oxygen atoms in total. The first-order chi connectivity index (χ1) is 9.48. The van der Waals surface area contributed by atoms with Crippen LogP contribution in [-0.2, 0) is 27.9 Å². The number of hydrogen-bond acceptors (Lipinski definition) is 6. The molecule has 0 spiro atoms. The quantitative estimate of drug-likeness (QED) is 0.506. The van der Waals surface area contributed by atoms with Crippen molar-refractivity contribution in [2.75, 3.05) is 19.8 Å². The molecule has 0 aliphatic heterocycles. The highest BCUT2D eigenvalue weighted by molar-refractivity contribution is 7.55. The highest BCUT2D eigenvalue weighted by Gasteiger charge is 2.49. The lowest BCUT2D eigenvalue weighted by Crippen LogP contribution is -2.32. The van der Waals surface area contributed by atoms with E-state index in [0.29, 0.717) is 12.8 Å². The van der Waals surface area contributed by atoms with Gasteiger partial charge in [0.1, 0.15) is 5.78 Å². The van der Waals surface area contributed by atoms with Crippen LogP contribution in [0.4, 0.5) is 0 Å². The van der Waals surface area contributed by atoms with Gasteiger partial charge in [-0.05, 0) is 33.1 Å². The van der Waals surface area contributed by atoms with Crippen LogP contribution in [0.1, 0.15) is 40.0 Å². The van der Waals surface area contributed by atoms with E-state index < -0.39 is 19.2 Å². The predicted octanol–water partition coefficient (Wildman–Crippen LogP) is 2.55. The second kappa shape index (κ2) is 7.91. The van der Waals surface area contributed by atoms with E-state index in [2.05, 4.69) is 0 Å². The Labute approximate surface area is 119 Å². The van der Waals surface area contributed by atoms with Crippen molar-refractivity contribution in [2.45, 2.75) is 45.7 Å². The maximum absolute atomic E-state index is 12.9. The topological polar surface area (TPSA) is 78.9 Å². The second-order valence-electron chi connectivity index (χ2n) is 4.61. The van der Waals surface area contributed by atoms with Gasteiger partial charge < -0.3 is 13.8 Å². The standard InChI is InChI=1S/C13H23O6P/c1-4-17-13(15)12(10-7-8-11(14)9-10)20(16,18-5-2)19-6-3/h10,12H,4-9H2,1-3H3/t10-,12?/m0/s1. The zero-order valence-electron chi connectivity index (χ0n) is 12.3. The average Bonchev–Trinajstić information content (AvgIpc) is 2.76. The molecule has 0 aromatic rings. The normalized spacial score (nSPS) is 20.9. The molecule has 0 heterocycles. The van der Waals surface area contributed by atoms with Crippen LogP contribution in [0.3, 0.4) is 0 Å². The fourth-order valence-electron chi connectivity index (χ4n) is 2.48. The number of hydrogen-bond donors (Lipinski definition) is 0. The lowest BCUT2D eigenvalue weighted by molar-refractivity contribution is -0.144. The zero-order valence-corrected chi connectivity index (χ0v) is 13.2. The molecule has 0 amide bonds. The van der Waals surface area contributed by atoms with E-state index in [1.54, 1.807) is 20.8 Å². The van der Waals surface area contributed by atoms with Gasteiger partial charge in [0, 0.05) is 12.8 Å². The molecule has 0 aromatic carbocycles. The van der Waals surface area contributed by atoms with Gasteiger partial charge in [-0.3, -0.25) is 14.2 Å². The summed E-state index contributed by atoms with van der Waals surface area (Å²) in [6.45, 7) is 5.60. The summed E-state index contributed by atoms with van der Waals surface area (Å²) >= 11 is 0. The summed E-state index contributed by atoms with van der Waals surface area (Å²) in [5, 5.41) is 0. The van der Waals surface area contributed by atoms with E-state index >= 15 is 0 Å². The van der Waals surface area contributed by atoms with Crippen molar-refractivity contribution in [3.8, 4) is 0 Å². The summed E-state index contributed by atoms with van der Waals surface area (Å²) in [5.74, 6) is -0.855. The van der Waals surface area contributed by atoms with Crippen LogP contribution in [0.2, 0.25) is 0 Å². The van der Waals surface area contributed by atoms with Crippen LogP contribution < -0.4 is 0 Å². The number of esters is 1. The number of rotatable bonds is 8. The third-order valence-corrected chi connectivity index (χ3v) is 5.77. The van der Waals surface area contributed by atoms with Gasteiger partial charge in [0.05, 0.1) is 19.8 Å². The molecule has 1 aliphatic rings. The van der Waals surface area contributed by atoms with Crippen LogP contribution in [0.15, 0.2) is 0 Å². The van der Waals surface area contributed by atoms with Crippen LogP contribution in [0, 0.1) is 5.92 Å². The van der Waals surface area contributed by atoms with Crippen molar-refractivity contribution in [3.63, 3.8) is 0 Å². The molecule has 1 rings (SSSR count). The number of Topliss-reactive ketones (excluding diaryl/α,β-unsaturated/α-hetero) is 1. The molecule has 7 heteroatoms. The van der Waals surface area contributed by atoms with Crippen molar-refractivity contribution < 1.29 is 27.9 Å². The van der Waals surface area contributed by atoms with Crippen molar-refractivity contribution >= 4 is 19.3 Å². The first-order valence-corrected chi connectivity index (χ1v) is 8.66. The number of carbonyl (C=O) groups excluding carboxylic acids is 2. The zero-order chi connectivity index (χ0) is 15.2. The van der Waals surface area contributed by atoms with Crippen molar-refractivity contribution in [1.29, 1.82) is 0 Å². The summed E-state index contributed by atoms with van der Waals surface area (Å²) < 4.78 is 28.4. The van der Waals surface area contributed by atoms with Crippen molar-refractivity contribution in [1.82, 2.24) is 0 Å². The second-order valence-corrected chi connectivity index (χ2v) is 6.77. The Balaban J connectivity index is 3.03. The largest absolute Gasteiger partial charge is 0.465 e. The van der Waals surface area contributed by atoms with E-state index in [9.17, 15) is 14.2 Å². The molecule has 1 saturated carbocycles. The summed E-state index contributed by atoms with van der Waals surface area (Å²) in [7, 11) is -3.62. The third-order valence-electron chi connectivity index (χ3n) is 3.22. The minimum atomic E-state index is -3.62. The Kier molecular flexibility index (Phi) is 6.86. The van der Waals surface area contributed by atoms with Gasteiger partial charge in [0.2, 0.25) is 0 Å². The van der Waals surface area contributed by atoms with Crippen molar-refractivity contribution in [3.05, 3.63) is 0 Å². The lowest BCUT2D eigenvalue weighted by atomic mass is 10.0. The molecule has 0 radical (unpaired) electrons. The molecule has 0 aromatic heterocycles. The Bertz CT molecular complexity index is 384. The molecular formula is C13H23O6P. The summed E-state index contributed by atoms with van der Waals surface area (Å²) in [4.78, 5) is 23.6. The van der Waals surface area contributed by atoms with Crippen LogP contribution in [0.5, 0.6) is 0 Å². The van der Waals surface area contributed by atoms with Crippen LogP contribution >= 0.6 is 7.60 Å². The van der Waals surface area contributed by atoms with E-state index in [-0.39, 0.29) is 37.9 Å². The van der Waals surface area contributed by atoms with Gasteiger partial charge in [0.25, 0.3) is 0 Å². The number of carbonyl (C=O) groups is 2. The third kappa shape index (κ3) is 4.14. The maximum atomic E-state index is 12.9. The monoisotopic (exact) mass is 306 g/mol. The minimum absolute atomic E-state index is 0.0730. The Hall–Kier alpha value is -0.710. The highest BCUT2D eigenvalue weighted by atomic mass is 31.2. The molecule has 116 valence electrons. The van der Waals surface area contributed by atoms with Gasteiger partial charge >= 0.3 is 13.6 Å². The number of ether oxygens (including phenoxy) is 1. The van der Waals surface area contributed by atoms with Gasteiger partial charge in [-0.15, -0.1) is 0 Å². The van der Waals surface area contributed by atoms with Crippen LogP contribution in [0.25, 0.3) is 0 Å². The van der Waals surface area contributed by atoms with E-state index in [4.69, 9.17) is 13.8 Å². The Morgan fingerprint density at radius 2 is 1.85 bits per heavy atom. The molecule has 2 atom stereocenters.